The molecule has 1 aromatic carbocycles. The zero-order valence-electron chi connectivity index (χ0n) is 14.7. The Balaban J connectivity index is 1.58. The molecule has 0 radical (unpaired) electrons. The normalized spacial score (nSPS) is 27.3. The van der Waals surface area contributed by atoms with Crippen molar-refractivity contribution in [2.24, 2.45) is 11.8 Å². The van der Waals surface area contributed by atoms with Crippen molar-refractivity contribution >= 4 is 11.6 Å². The summed E-state index contributed by atoms with van der Waals surface area (Å²) in [6, 6.07) is 6.26. The number of fused-ring (bicyclic) bond motifs is 1. The summed E-state index contributed by atoms with van der Waals surface area (Å²) >= 11 is 0. The Kier molecular flexibility index (Phi) is 5.37. The van der Waals surface area contributed by atoms with Gasteiger partial charge in [0.25, 0.3) is 5.91 Å². The number of anilines is 1. The molecule has 23 heavy (non-hydrogen) atoms. The van der Waals surface area contributed by atoms with Gasteiger partial charge in [-0.2, -0.15) is 0 Å². The number of benzene rings is 1. The fourth-order valence-corrected chi connectivity index (χ4v) is 4.57. The van der Waals surface area contributed by atoms with E-state index in [9.17, 15) is 4.79 Å². The van der Waals surface area contributed by atoms with Crippen LogP contribution in [0, 0.1) is 18.8 Å². The lowest BCUT2D eigenvalue weighted by Gasteiger charge is -2.38. The number of carbonyl (C=O) groups excluding carboxylic acids is 1. The summed E-state index contributed by atoms with van der Waals surface area (Å²) in [5.74, 6) is 1.99. The molecular formula is C20H31N2O+. The third kappa shape index (κ3) is 3.95. The molecule has 2 fully saturated rings. The molecule has 1 heterocycles. The van der Waals surface area contributed by atoms with Crippen LogP contribution in [0.4, 0.5) is 5.69 Å². The van der Waals surface area contributed by atoms with Crippen molar-refractivity contribution in [1.82, 2.24) is 0 Å². The maximum absolute atomic E-state index is 12.5. The van der Waals surface area contributed by atoms with Crippen LogP contribution in [0.25, 0.3) is 0 Å². The van der Waals surface area contributed by atoms with Crippen molar-refractivity contribution in [3.63, 3.8) is 0 Å². The highest BCUT2D eigenvalue weighted by molar-refractivity contribution is 5.93. The first-order valence-electron chi connectivity index (χ1n) is 9.39. The lowest BCUT2D eigenvalue weighted by atomic mass is 9.75. The van der Waals surface area contributed by atoms with Crippen LogP contribution in [-0.4, -0.2) is 25.5 Å². The van der Waals surface area contributed by atoms with E-state index in [4.69, 9.17) is 0 Å². The first-order chi connectivity index (χ1) is 11.2. The molecule has 1 amide bonds. The standard InChI is InChI=1S/C20H30N2O/c1-3-16-10-6-7-15(2)20(16)21-19(23)14-22-12-11-17-8-4-5-9-18(17)13-22/h6-7,10,17-18H,3-5,8-9,11-14H2,1-2H3,(H,21,23)/p+1/t17-,18+/m0/s1. The van der Waals surface area contributed by atoms with Crippen molar-refractivity contribution in [2.75, 3.05) is 25.0 Å². The number of piperidine rings is 1. The summed E-state index contributed by atoms with van der Waals surface area (Å²) in [4.78, 5) is 14.0. The highest BCUT2D eigenvalue weighted by Gasteiger charge is 2.34. The number of nitrogens with one attached hydrogen (secondary N) is 2. The molecule has 1 saturated carbocycles. The summed E-state index contributed by atoms with van der Waals surface area (Å²) in [6.07, 6.45) is 7.89. The molecule has 1 aliphatic heterocycles. The Morgan fingerprint density at radius 1 is 1.22 bits per heavy atom. The van der Waals surface area contributed by atoms with Gasteiger partial charge in [-0.15, -0.1) is 0 Å². The van der Waals surface area contributed by atoms with Gasteiger partial charge in [-0.05, 0) is 49.7 Å². The minimum atomic E-state index is 0.179. The largest absolute Gasteiger partial charge is 0.327 e. The Morgan fingerprint density at radius 3 is 2.78 bits per heavy atom. The Hall–Kier alpha value is -1.35. The third-order valence-electron chi connectivity index (χ3n) is 5.90. The fraction of sp³-hybridized carbons (Fsp3) is 0.650. The molecule has 0 aromatic heterocycles. The average Bonchev–Trinajstić information content (AvgIpc) is 2.56. The minimum Gasteiger partial charge on any atom is -0.327 e. The topological polar surface area (TPSA) is 33.5 Å². The second-order valence-electron chi connectivity index (χ2n) is 7.48. The molecule has 1 saturated heterocycles. The second kappa shape index (κ2) is 7.48. The number of carbonyl (C=O) groups is 1. The van der Waals surface area contributed by atoms with E-state index < -0.39 is 0 Å². The van der Waals surface area contributed by atoms with Gasteiger partial charge in [-0.25, -0.2) is 0 Å². The van der Waals surface area contributed by atoms with Crippen molar-refractivity contribution in [2.45, 2.75) is 52.4 Å². The number of para-hydroxylation sites is 1. The van der Waals surface area contributed by atoms with Crippen molar-refractivity contribution in [3.8, 4) is 0 Å². The molecule has 0 bridgehead atoms. The predicted octanol–water partition coefficient (Wildman–Crippen LogP) is 2.59. The zero-order chi connectivity index (χ0) is 16.2. The van der Waals surface area contributed by atoms with Gasteiger partial charge in [0.15, 0.2) is 6.54 Å². The van der Waals surface area contributed by atoms with E-state index in [0.29, 0.717) is 6.54 Å². The summed E-state index contributed by atoms with van der Waals surface area (Å²) in [6.45, 7) is 7.22. The lowest BCUT2D eigenvalue weighted by molar-refractivity contribution is -0.902. The fourth-order valence-electron chi connectivity index (χ4n) is 4.57. The monoisotopic (exact) mass is 315 g/mol. The van der Waals surface area contributed by atoms with Gasteiger partial charge in [0.05, 0.1) is 13.1 Å². The Labute approximate surface area is 140 Å². The lowest BCUT2D eigenvalue weighted by Crippen LogP contribution is -3.15. The molecule has 1 unspecified atom stereocenters. The van der Waals surface area contributed by atoms with Gasteiger partial charge in [0.1, 0.15) is 0 Å². The Bertz CT molecular complexity index is 555. The van der Waals surface area contributed by atoms with E-state index in [1.807, 2.05) is 0 Å². The zero-order valence-corrected chi connectivity index (χ0v) is 14.7. The molecule has 2 aliphatic rings. The average molecular weight is 315 g/mol. The second-order valence-corrected chi connectivity index (χ2v) is 7.48. The van der Waals surface area contributed by atoms with Crippen molar-refractivity contribution < 1.29 is 9.69 Å². The number of aryl methyl sites for hydroxylation is 2. The van der Waals surface area contributed by atoms with Crippen LogP contribution in [0.2, 0.25) is 0 Å². The van der Waals surface area contributed by atoms with Crippen LogP contribution in [0.3, 0.4) is 0 Å². The molecular weight excluding hydrogens is 284 g/mol. The SMILES string of the molecule is CCc1cccc(C)c1NC(=O)C[NH+]1CC[C@@H]2CCCC[C@@H]2C1. The molecule has 0 spiro atoms. The van der Waals surface area contributed by atoms with E-state index in [1.54, 1.807) is 0 Å². The van der Waals surface area contributed by atoms with Gasteiger partial charge in [0, 0.05) is 11.6 Å². The van der Waals surface area contributed by atoms with E-state index in [1.165, 1.54) is 61.2 Å². The summed E-state index contributed by atoms with van der Waals surface area (Å²) in [7, 11) is 0. The van der Waals surface area contributed by atoms with E-state index in [2.05, 4.69) is 37.4 Å². The van der Waals surface area contributed by atoms with E-state index in [-0.39, 0.29) is 5.91 Å². The van der Waals surface area contributed by atoms with Gasteiger partial charge < -0.3 is 10.2 Å². The molecule has 3 heteroatoms. The molecule has 126 valence electrons. The van der Waals surface area contributed by atoms with Gasteiger partial charge in [-0.1, -0.05) is 38.0 Å². The molecule has 3 rings (SSSR count). The van der Waals surface area contributed by atoms with Gasteiger partial charge in [0.2, 0.25) is 0 Å². The van der Waals surface area contributed by atoms with Crippen LogP contribution >= 0.6 is 0 Å². The number of hydrogen-bond donors (Lipinski definition) is 2. The van der Waals surface area contributed by atoms with E-state index >= 15 is 0 Å². The summed E-state index contributed by atoms with van der Waals surface area (Å²) in [5.41, 5.74) is 3.44. The van der Waals surface area contributed by atoms with Crippen molar-refractivity contribution in [1.29, 1.82) is 0 Å². The molecule has 1 aliphatic carbocycles. The maximum atomic E-state index is 12.5. The quantitative estimate of drug-likeness (QED) is 0.880. The first-order valence-corrected chi connectivity index (χ1v) is 9.39. The predicted molar refractivity (Wildman–Crippen MR) is 94.8 cm³/mol. The number of rotatable bonds is 4. The molecule has 3 nitrogen and oxygen atoms in total. The minimum absolute atomic E-state index is 0.179. The number of likely N-dealkylation sites (tertiary alicyclic amines) is 1. The van der Waals surface area contributed by atoms with Gasteiger partial charge in [-0.3, -0.25) is 4.79 Å². The molecule has 1 aromatic rings. The summed E-state index contributed by atoms with van der Waals surface area (Å²) < 4.78 is 0. The number of hydrogen-bond acceptors (Lipinski definition) is 1. The maximum Gasteiger partial charge on any atom is 0.279 e. The number of quaternary nitrogens is 1. The highest BCUT2D eigenvalue weighted by atomic mass is 16.2. The highest BCUT2D eigenvalue weighted by Crippen LogP contribution is 2.32. The third-order valence-corrected chi connectivity index (χ3v) is 5.90. The van der Waals surface area contributed by atoms with Crippen LogP contribution < -0.4 is 10.2 Å². The molecule has 3 atom stereocenters. The van der Waals surface area contributed by atoms with Crippen LogP contribution in [0.5, 0.6) is 0 Å². The smallest absolute Gasteiger partial charge is 0.279 e. The first kappa shape index (κ1) is 16.5. The summed E-state index contributed by atoms with van der Waals surface area (Å²) in [5, 5.41) is 3.19. The van der Waals surface area contributed by atoms with Gasteiger partial charge >= 0.3 is 0 Å². The number of amides is 1. The van der Waals surface area contributed by atoms with Crippen molar-refractivity contribution in [3.05, 3.63) is 29.3 Å². The van der Waals surface area contributed by atoms with E-state index in [0.717, 1.165) is 23.9 Å². The van der Waals surface area contributed by atoms with Crippen LogP contribution in [0.15, 0.2) is 18.2 Å². The molecule has 2 N–H and O–H groups in total. The van der Waals surface area contributed by atoms with Crippen LogP contribution in [0.1, 0.15) is 50.2 Å². The van der Waals surface area contributed by atoms with Crippen LogP contribution in [-0.2, 0) is 11.2 Å². The Morgan fingerprint density at radius 2 is 2.00 bits per heavy atom.